The van der Waals surface area contributed by atoms with E-state index in [9.17, 15) is 9.59 Å². The van der Waals surface area contributed by atoms with Gasteiger partial charge in [-0.25, -0.2) is 4.79 Å². The predicted octanol–water partition coefficient (Wildman–Crippen LogP) is 7.03. The molecule has 0 radical (unpaired) electrons. The quantitative estimate of drug-likeness (QED) is 0.130. The largest absolute Gasteiger partial charge is 0.462 e. The monoisotopic (exact) mass is 626 g/mol. The van der Waals surface area contributed by atoms with Crippen LogP contribution in [-0.2, 0) is 17.6 Å². The molecule has 6 heteroatoms. The van der Waals surface area contributed by atoms with Crippen molar-refractivity contribution in [3.8, 4) is 0 Å². The van der Waals surface area contributed by atoms with Gasteiger partial charge in [0.25, 0.3) is 0 Å². The average molecular weight is 628 g/mol. The van der Waals surface area contributed by atoms with E-state index in [0.29, 0.717) is 36.0 Å². The number of pyridine rings is 2. The van der Waals surface area contributed by atoms with Gasteiger partial charge in [-0.15, -0.1) is 0 Å². The number of carbonyl (C=O) groups is 2. The molecule has 5 nitrogen and oxygen atoms in total. The maximum atomic E-state index is 13.2. The predicted molar refractivity (Wildman–Crippen MR) is 173 cm³/mol. The van der Waals surface area contributed by atoms with Crippen molar-refractivity contribution in [1.29, 1.82) is 0 Å². The number of esters is 1. The zero-order chi connectivity index (χ0) is 29.9. The minimum atomic E-state index is -0.395. The second kappa shape index (κ2) is 15.5. The summed E-state index contributed by atoms with van der Waals surface area (Å²) in [6.45, 7) is 10.0. The number of allylic oxidation sites excluding steroid dienone is 2. The molecule has 1 aliphatic carbocycles. The first kappa shape index (κ1) is 31.3. The van der Waals surface area contributed by atoms with Gasteiger partial charge in [0, 0.05) is 45.7 Å². The molecule has 1 aromatic carbocycles. The summed E-state index contributed by atoms with van der Waals surface area (Å²) in [6.07, 6.45) is 16.6. The van der Waals surface area contributed by atoms with E-state index in [1.165, 1.54) is 11.1 Å². The molecule has 0 bridgehead atoms. The Kier molecular flexibility index (Phi) is 11.6. The van der Waals surface area contributed by atoms with Gasteiger partial charge in [-0.05, 0) is 103 Å². The zero-order valence-electron chi connectivity index (χ0n) is 24.4. The van der Waals surface area contributed by atoms with Crippen molar-refractivity contribution >= 4 is 38.2 Å². The number of hydrogen-bond acceptors (Lipinski definition) is 5. The summed E-state index contributed by atoms with van der Waals surface area (Å²) in [6, 6.07) is 13.3. The highest BCUT2D eigenvalue weighted by molar-refractivity contribution is 9.15. The first-order valence-corrected chi connectivity index (χ1v) is 15.6. The van der Waals surface area contributed by atoms with Crippen molar-refractivity contribution in [2.24, 2.45) is 5.92 Å². The van der Waals surface area contributed by atoms with E-state index in [0.717, 1.165) is 65.7 Å². The summed E-state index contributed by atoms with van der Waals surface area (Å²) in [5, 5.41) is 1.95. The second-order valence-corrected chi connectivity index (χ2v) is 11.6. The Labute approximate surface area is 257 Å². The van der Waals surface area contributed by atoms with Gasteiger partial charge in [-0.1, -0.05) is 56.0 Å². The van der Waals surface area contributed by atoms with Crippen LogP contribution in [0.2, 0.25) is 0 Å². The molecule has 2 aromatic heterocycles. The molecule has 0 spiro atoms. The van der Waals surface area contributed by atoms with Gasteiger partial charge in [0.1, 0.15) is 0 Å². The standard InChI is InChI=1S/C36H39BrN2O3/c1-4-10-31-28(19-17-26-12-9-20-38-24-26)23-33(39-35(31)32(37)5-2)27-13-7-11-25(16-18-27)21-34(40)29-14-8-15-30(22-29)36(41)42-6-3/h4-5,8-10,12,14-15,20,22-25,27H,1-2,6-7,11,13,16-19,21H2,3H3/b31-10-,35-32-. The number of nitrogens with zero attached hydrogens (tertiary/aromatic N) is 2. The lowest BCUT2D eigenvalue weighted by molar-refractivity contribution is 0.0526. The van der Waals surface area contributed by atoms with Crippen LogP contribution in [0.3, 0.4) is 0 Å². The number of Topliss-reactive ketones (excluding diaryl/α,β-unsaturated/α-hetero) is 1. The molecule has 0 N–H and O–H groups in total. The minimum Gasteiger partial charge on any atom is -0.462 e. The Hall–Kier alpha value is -3.64. The number of rotatable bonds is 11. The summed E-state index contributed by atoms with van der Waals surface area (Å²) >= 11 is 3.70. The number of hydrogen-bond donors (Lipinski definition) is 0. The van der Waals surface area contributed by atoms with E-state index in [2.05, 4.69) is 46.2 Å². The fourth-order valence-corrected chi connectivity index (χ4v) is 6.05. The third-order valence-electron chi connectivity index (χ3n) is 7.94. The lowest BCUT2D eigenvalue weighted by atomic mass is 9.90. The van der Waals surface area contributed by atoms with Crippen LogP contribution in [-0.4, -0.2) is 28.3 Å². The van der Waals surface area contributed by atoms with E-state index >= 15 is 0 Å². The van der Waals surface area contributed by atoms with Crippen LogP contribution in [0.5, 0.6) is 0 Å². The van der Waals surface area contributed by atoms with Crippen LogP contribution >= 0.6 is 15.9 Å². The van der Waals surface area contributed by atoms with Crippen LogP contribution in [0.15, 0.2) is 80.2 Å². The zero-order valence-corrected chi connectivity index (χ0v) is 25.9. The molecule has 1 aliphatic rings. The minimum absolute atomic E-state index is 0.0801. The molecular weight excluding hydrogens is 588 g/mol. The van der Waals surface area contributed by atoms with E-state index in [1.54, 1.807) is 43.5 Å². The van der Waals surface area contributed by atoms with Crippen LogP contribution in [0.1, 0.15) is 88.9 Å². The Morgan fingerprint density at radius 3 is 2.62 bits per heavy atom. The third kappa shape index (κ3) is 8.22. The Balaban J connectivity index is 1.54. The summed E-state index contributed by atoms with van der Waals surface area (Å²) < 4.78 is 5.97. The molecule has 2 unspecified atom stereocenters. The number of ether oxygens (including phenoxy) is 1. The molecule has 0 aliphatic heterocycles. The van der Waals surface area contributed by atoms with Crippen molar-refractivity contribution in [3.05, 3.63) is 119 Å². The fraction of sp³-hybridized carbons (Fsp3) is 0.333. The molecule has 1 fully saturated rings. The van der Waals surface area contributed by atoms with Crippen molar-refractivity contribution in [3.63, 3.8) is 0 Å². The van der Waals surface area contributed by atoms with Crippen LogP contribution in [0, 0.1) is 5.92 Å². The summed E-state index contributed by atoms with van der Waals surface area (Å²) in [4.78, 5) is 34.8. The molecule has 42 heavy (non-hydrogen) atoms. The number of benzene rings is 1. The average Bonchev–Trinajstić information content (AvgIpc) is 3.26. The van der Waals surface area contributed by atoms with Gasteiger partial charge in [0.05, 0.1) is 17.5 Å². The summed E-state index contributed by atoms with van der Waals surface area (Å²) in [5.74, 6) is 0.304. The van der Waals surface area contributed by atoms with E-state index in [-0.39, 0.29) is 5.78 Å². The van der Waals surface area contributed by atoms with Gasteiger partial charge < -0.3 is 4.74 Å². The van der Waals surface area contributed by atoms with E-state index in [4.69, 9.17) is 9.72 Å². The van der Waals surface area contributed by atoms with Gasteiger partial charge in [0.15, 0.2) is 5.78 Å². The third-order valence-corrected chi connectivity index (χ3v) is 8.64. The number of carbonyl (C=O) groups excluding carboxylic acids is 2. The van der Waals surface area contributed by atoms with Crippen LogP contribution < -0.4 is 10.6 Å². The maximum absolute atomic E-state index is 13.2. The van der Waals surface area contributed by atoms with E-state index in [1.807, 2.05) is 24.4 Å². The molecule has 2 atom stereocenters. The smallest absolute Gasteiger partial charge is 0.338 e. The number of ketones is 1. The number of aryl methyl sites for hydroxylation is 2. The van der Waals surface area contributed by atoms with Crippen molar-refractivity contribution in [1.82, 2.24) is 9.97 Å². The first-order chi connectivity index (χ1) is 20.4. The van der Waals surface area contributed by atoms with Crippen LogP contribution in [0.4, 0.5) is 0 Å². The molecule has 0 amide bonds. The topological polar surface area (TPSA) is 69.2 Å². The molecule has 218 valence electrons. The number of halogens is 1. The van der Waals surface area contributed by atoms with Crippen LogP contribution in [0.25, 0.3) is 10.6 Å². The molecule has 1 saturated carbocycles. The molecule has 2 heterocycles. The summed E-state index contributed by atoms with van der Waals surface area (Å²) in [7, 11) is 0. The van der Waals surface area contributed by atoms with E-state index < -0.39 is 5.97 Å². The van der Waals surface area contributed by atoms with Crippen molar-refractivity contribution < 1.29 is 14.3 Å². The molecule has 4 rings (SSSR count). The van der Waals surface area contributed by atoms with Gasteiger partial charge >= 0.3 is 5.97 Å². The highest BCUT2D eigenvalue weighted by Gasteiger charge is 2.24. The maximum Gasteiger partial charge on any atom is 0.338 e. The lowest BCUT2D eigenvalue weighted by Gasteiger charge is -2.17. The SMILES string of the molecule is C=C/C=c1/c(CCc2cccnc2)cc(C2CCCC(CC(=O)c3cccc(C(=O)OCC)c3)CC2)n/c1=C(\Br)C=C. The van der Waals surface area contributed by atoms with Gasteiger partial charge in [-0.2, -0.15) is 0 Å². The highest BCUT2D eigenvalue weighted by Crippen LogP contribution is 2.35. The van der Waals surface area contributed by atoms with Gasteiger partial charge in [0.2, 0.25) is 0 Å². The van der Waals surface area contributed by atoms with Gasteiger partial charge in [-0.3, -0.25) is 14.8 Å². The first-order valence-electron chi connectivity index (χ1n) is 14.8. The Bertz CT molecular complexity index is 1550. The van der Waals surface area contributed by atoms with Crippen molar-refractivity contribution in [2.45, 2.75) is 64.2 Å². The highest BCUT2D eigenvalue weighted by atomic mass is 79.9. The van der Waals surface area contributed by atoms with Crippen molar-refractivity contribution in [2.75, 3.05) is 6.61 Å². The summed E-state index contributed by atoms with van der Waals surface area (Å²) in [5.41, 5.74) is 4.52. The normalized spacial score (nSPS) is 18.1. The molecule has 0 saturated heterocycles. The Morgan fingerprint density at radius 2 is 1.88 bits per heavy atom. The molecular formula is C36H39BrN2O3. The lowest BCUT2D eigenvalue weighted by Crippen LogP contribution is -2.34. The molecule has 3 aromatic rings. The number of aromatic nitrogens is 2. The Morgan fingerprint density at radius 1 is 1.05 bits per heavy atom. The fourth-order valence-electron chi connectivity index (χ4n) is 5.75. The second-order valence-electron chi connectivity index (χ2n) is 10.8.